The van der Waals surface area contributed by atoms with Gasteiger partial charge in [-0.2, -0.15) is 0 Å². The average Bonchev–Trinajstić information content (AvgIpc) is 3.29. The summed E-state index contributed by atoms with van der Waals surface area (Å²) in [5.74, 6) is 5.90. The molecule has 3 fully saturated rings. The van der Waals surface area contributed by atoms with Crippen molar-refractivity contribution in [1.82, 2.24) is 20.4 Å². The second kappa shape index (κ2) is 32.0. The highest BCUT2D eigenvalue weighted by molar-refractivity contribution is 8.13. The number of thioether (sulfide) groups is 4. The molecule has 0 atom stereocenters. The van der Waals surface area contributed by atoms with Crippen LogP contribution in [-0.4, -0.2) is 76.8 Å². The standard InChI is InChI=1S/C28H44N6S2.C10H14N4S2.C7H15N.2ClH/c1-3-9-23(10-4-1)15-33-19-29-27(30-20-33)35-17-25-13-7-8-14-26(25)18-36-28-31-21-34(22-32-28)16-24-11-5-2-6-12-24;11-9(12)15-5-7-3-1-2-4-8(7)6-16-10(13)14;8-6-7-4-2-1-3-5-7;;/h7-8,13-14,23-24H,1-6,9-12,15-22H2,(H,29,30)(H,31,32);1-4H,5-6H2,(H3,11,12)(H3,13,14);7H,1-6,8H2;2*1H. The zero-order chi connectivity index (χ0) is 42.2. The molecule has 5 aliphatic rings. The summed E-state index contributed by atoms with van der Waals surface area (Å²) in [7, 11) is 0. The minimum absolute atomic E-state index is 0. The molecular formula is C45H75Cl2N11S4. The Balaban J connectivity index is 0.000000326. The molecule has 3 aliphatic carbocycles. The lowest BCUT2D eigenvalue weighted by molar-refractivity contribution is 0.196. The fraction of sp³-hybridized carbons (Fsp3) is 0.644. The van der Waals surface area contributed by atoms with Gasteiger partial charge in [0, 0.05) is 36.1 Å². The van der Waals surface area contributed by atoms with Gasteiger partial charge in [-0.05, 0) is 85.1 Å². The van der Waals surface area contributed by atoms with Gasteiger partial charge in [0.25, 0.3) is 0 Å². The Hall–Kier alpha value is -1.82. The van der Waals surface area contributed by atoms with Crippen molar-refractivity contribution in [1.29, 1.82) is 10.8 Å². The highest BCUT2D eigenvalue weighted by Crippen LogP contribution is 2.28. The average molecular weight is 969 g/mol. The minimum atomic E-state index is 0. The van der Waals surface area contributed by atoms with Crippen LogP contribution in [-0.2, 0) is 23.0 Å². The van der Waals surface area contributed by atoms with Crippen LogP contribution in [0.15, 0.2) is 58.5 Å². The fourth-order valence-electron chi connectivity index (χ4n) is 8.51. The lowest BCUT2D eigenvalue weighted by Gasteiger charge is -2.31. The van der Waals surface area contributed by atoms with Gasteiger partial charge in [-0.25, -0.2) is 9.98 Å². The third kappa shape index (κ3) is 21.4. The SMILES string of the molecule is Cl.Cl.N=C(N)SCc1ccccc1CSC(=N)N.NCC1CCCCC1.c1ccc(CSC2=NCN(CC3CCCCC3)CN2)c(CSC2=NCN(CC3CCCCC3)CN2)c1. The van der Waals surface area contributed by atoms with Crippen molar-refractivity contribution < 1.29 is 0 Å². The van der Waals surface area contributed by atoms with Crippen LogP contribution < -0.4 is 27.8 Å². The Kier molecular flexibility index (Phi) is 28.1. The first kappa shape index (κ1) is 54.5. The first-order valence-corrected chi connectivity index (χ1v) is 26.3. The molecule has 0 unspecified atom stereocenters. The number of rotatable bonds is 13. The molecule has 348 valence electrons. The highest BCUT2D eigenvalue weighted by atomic mass is 35.5. The maximum atomic E-state index is 7.17. The quantitative estimate of drug-likeness (QED) is 0.0750. The van der Waals surface area contributed by atoms with Gasteiger partial charge >= 0.3 is 0 Å². The van der Waals surface area contributed by atoms with E-state index in [4.69, 9.17) is 38.0 Å². The van der Waals surface area contributed by atoms with E-state index in [1.165, 1.54) is 144 Å². The Morgan fingerprint density at radius 1 is 0.548 bits per heavy atom. The summed E-state index contributed by atoms with van der Waals surface area (Å²) in [6.07, 6.45) is 21.2. The zero-order valence-electron chi connectivity index (χ0n) is 36.7. The number of aliphatic imine (C=N–C) groups is 2. The predicted molar refractivity (Wildman–Crippen MR) is 279 cm³/mol. The van der Waals surface area contributed by atoms with E-state index < -0.39 is 0 Å². The maximum Gasteiger partial charge on any atom is 0.159 e. The molecule has 3 saturated carbocycles. The van der Waals surface area contributed by atoms with Gasteiger partial charge in [-0.3, -0.25) is 20.6 Å². The van der Waals surface area contributed by atoms with Gasteiger partial charge in [-0.1, -0.05) is 153 Å². The van der Waals surface area contributed by atoms with Crippen molar-refractivity contribution in [2.45, 2.75) is 119 Å². The number of nitrogens with two attached hydrogens (primary N) is 3. The summed E-state index contributed by atoms with van der Waals surface area (Å²) in [5.41, 5.74) is 21.2. The van der Waals surface area contributed by atoms with Crippen LogP contribution in [0.1, 0.15) is 119 Å². The van der Waals surface area contributed by atoms with E-state index in [0.29, 0.717) is 11.5 Å². The topological polar surface area (TPSA) is 181 Å². The third-order valence-corrected chi connectivity index (χ3v) is 15.5. The molecule has 7 rings (SSSR count). The number of nitrogens with one attached hydrogen (secondary N) is 4. The molecule has 2 aliphatic heterocycles. The number of nitrogens with zero attached hydrogens (tertiary/aromatic N) is 4. The minimum Gasteiger partial charge on any atom is -0.379 e. The number of hydrogen-bond donors (Lipinski definition) is 7. The van der Waals surface area contributed by atoms with Crippen LogP contribution >= 0.6 is 71.9 Å². The van der Waals surface area contributed by atoms with E-state index in [1.54, 1.807) is 0 Å². The van der Waals surface area contributed by atoms with Gasteiger partial charge in [0.15, 0.2) is 20.7 Å². The molecule has 2 aromatic rings. The molecule has 11 nitrogen and oxygen atoms in total. The van der Waals surface area contributed by atoms with E-state index in [0.717, 1.165) is 83.9 Å². The summed E-state index contributed by atoms with van der Waals surface area (Å²) >= 11 is 6.28. The number of amidine groups is 4. The van der Waals surface area contributed by atoms with E-state index in [1.807, 2.05) is 47.8 Å². The summed E-state index contributed by atoms with van der Waals surface area (Å²) in [6.45, 7) is 6.86. The van der Waals surface area contributed by atoms with Crippen molar-refractivity contribution in [3.63, 3.8) is 0 Å². The van der Waals surface area contributed by atoms with Crippen molar-refractivity contribution in [3.05, 3.63) is 70.8 Å². The van der Waals surface area contributed by atoms with Crippen LogP contribution in [0.5, 0.6) is 0 Å². The molecule has 0 bridgehead atoms. The van der Waals surface area contributed by atoms with Crippen LogP contribution in [0, 0.1) is 28.6 Å². The number of benzene rings is 2. The van der Waals surface area contributed by atoms with Crippen LogP contribution in [0.2, 0.25) is 0 Å². The van der Waals surface area contributed by atoms with Crippen molar-refractivity contribution in [2.75, 3.05) is 46.3 Å². The summed E-state index contributed by atoms with van der Waals surface area (Å²) in [6, 6.07) is 16.8. The normalized spacial score (nSPS) is 19.0. The first-order valence-electron chi connectivity index (χ1n) is 22.4. The Labute approximate surface area is 402 Å². The van der Waals surface area contributed by atoms with Gasteiger partial charge in [-0.15, -0.1) is 24.8 Å². The fourth-order valence-corrected chi connectivity index (χ4v) is 11.5. The van der Waals surface area contributed by atoms with Gasteiger partial charge < -0.3 is 27.8 Å². The number of hydrogen-bond acceptors (Lipinski definition) is 13. The second-order valence-electron chi connectivity index (χ2n) is 16.8. The molecule has 10 N–H and O–H groups in total. The molecule has 0 spiro atoms. The largest absolute Gasteiger partial charge is 0.379 e. The predicted octanol–water partition coefficient (Wildman–Crippen LogP) is 9.97. The van der Waals surface area contributed by atoms with Crippen LogP contribution in [0.3, 0.4) is 0 Å². The van der Waals surface area contributed by atoms with Crippen LogP contribution in [0.4, 0.5) is 0 Å². The maximum absolute atomic E-state index is 7.17. The lowest BCUT2D eigenvalue weighted by atomic mass is 9.89. The smallest absolute Gasteiger partial charge is 0.159 e. The van der Waals surface area contributed by atoms with E-state index >= 15 is 0 Å². The van der Waals surface area contributed by atoms with E-state index in [9.17, 15) is 0 Å². The molecule has 2 aromatic carbocycles. The molecule has 0 radical (unpaired) electrons. The molecule has 62 heavy (non-hydrogen) atoms. The zero-order valence-corrected chi connectivity index (χ0v) is 41.6. The molecule has 0 amide bonds. The van der Waals surface area contributed by atoms with E-state index in [-0.39, 0.29) is 35.1 Å². The summed E-state index contributed by atoms with van der Waals surface area (Å²) < 4.78 is 0. The molecule has 0 aromatic heterocycles. The van der Waals surface area contributed by atoms with Gasteiger partial charge in [0.2, 0.25) is 0 Å². The highest BCUT2D eigenvalue weighted by Gasteiger charge is 2.21. The number of halogens is 2. The molecular weight excluding hydrogens is 894 g/mol. The first-order chi connectivity index (χ1) is 29.3. The van der Waals surface area contributed by atoms with Crippen molar-refractivity contribution >= 4 is 92.5 Å². The van der Waals surface area contributed by atoms with Gasteiger partial charge in [0.1, 0.15) is 0 Å². The second-order valence-corrected chi connectivity index (χ2v) is 20.7. The Morgan fingerprint density at radius 3 is 1.18 bits per heavy atom. The Morgan fingerprint density at radius 2 is 0.887 bits per heavy atom. The summed E-state index contributed by atoms with van der Waals surface area (Å²) in [4.78, 5) is 14.6. The summed E-state index contributed by atoms with van der Waals surface area (Å²) in [5, 5.41) is 23.9. The van der Waals surface area contributed by atoms with E-state index in [2.05, 4.69) is 44.7 Å². The van der Waals surface area contributed by atoms with Gasteiger partial charge in [0.05, 0.1) is 26.7 Å². The molecule has 0 saturated heterocycles. The van der Waals surface area contributed by atoms with Crippen LogP contribution in [0.25, 0.3) is 0 Å². The Bertz CT molecular complexity index is 1530. The molecule has 17 heteroatoms. The lowest BCUT2D eigenvalue weighted by Crippen LogP contribution is -2.44. The van der Waals surface area contributed by atoms with Crippen molar-refractivity contribution in [3.8, 4) is 0 Å². The molecule has 2 heterocycles. The third-order valence-electron chi connectivity index (χ3n) is 12.0. The van der Waals surface area contributed by atoms with Crippen molar-refractivity contribution in [2.24, 2.45) is 44.9 Å². The monoisotopic (exact) mass is 967 g/mol.